The Bertz CT molecular complexity index is 519. The van der Waals surface area contributed by atoms with Gasteiger partial charge in [0.1, 0.15) is 0 Å². The van der Waals surface area contributed by atoms with Crippen molar-refractivity contribution < 1.29 is 14.2 Å². The Balaban J connectivity index is 2.30. The van der Waals surface area contributed by atoms with Gasteiger partial charge in [-0.25, -0.2) is 0 Å². The average molecular weight is 310 g/mol. The van der Waals surface area contributed by atoms with E-state index in [9.17, 15) is 0 Å². The molecule has 0 aliphatic carbocycles. The van der Waals surface area contributed by atoms with Gasteiger partial charge in [-0.15, -0.1) is 0 Å². The van der Waals surface area contributed by atoms with Gasteiger partial charge in [-0.1, -0.05) is 11.8 Å². The molecule has 6 heteroatoms. The normalized spacial score (nSPS) is 16.9. The van der Waals surface area contributed by atoms with Gasteiger partial charge >= 0.3 is 0 Å². The Morgan fingerprint density at radius 2 is 1.71 bits per heavy atom. The number of nitrogens with one attached hydrogen (secondary N) is 1. The van der Waals surface area contributed by atoms with E-state index in [-0.39, 0.29) is 5.54 Å². The molecule has 1 aliphatic heterocycles. The monoisotopic (exact) mass is 310 g/mol. The minimum atomic E-state index is -0.0196. The number of ether oxygens (including phenoxy) is 3. The van der Waals surface area contributed by atoms with E-state index < -0.39 is 0 Å². The summed E-state index contributed by atoms with van der Waals surface area (Å²) in [5.74, 6) is 2.90. The summed E-state index contributed by atoms with van der Waals surface area (Å²) < 4.78 is 16.0. The zero-order valence-corrected chi connectivity index (χ0v) is 14.0. The van der Waals surface area contributed by atoms with Crippen LogP contribution in [-0.4, -0.2) is 37.8 Å². The van der Waals surface area contributed by atoms with Crippen LogP contribution in [0.1, 0.15) is 20.3 Å². The van der Waals surface area contributed by atoms with E-state index in [2.05, 4.69) is 19.2 Å². The molecule has 0 saturated carbocycles. The maximum atomic E-state index is 5.36. The predicted molar refractivity (Wildman–Crippen MR) is 88.3 cm³/mol. The molecule has 0 bridgehead atoms. The van der Waals surface area contributed by atoms with Crippen LogP contribution >= 0.6 is 11.8 Å². The average Bonchev–Trinajstić information content (AvgIpc) is 2.45. The fraction of sp³-hybridized carbons (Fsp3) is 0.533. The molecular weight excluding hydrogens is 288 g/mol. The number of methoxy groups -OCH3 is 3. The fourth-order valence-corrected chi connectivity index (χ4v) is 3.40. The lowest BCUT2D eigenvalue weighted by atomic mass is 10.0. The second kappa shape index (κ2) is 6.47. The second-order valence-corrected chi connectivity index (χ2v) is 6.45. The largest absolute Gasteiger partial charge is 0.493 e. The molecule has 1 aromatic carbocycles. The van der Waals surface area contributed by atoms with Crippen LogP contribution in [0.15, 0.2) is 17.1 Å². The Hall–Kier alpha value is -1.56. The van der Waals surface area contributed by atoms with E-state index in [1.807, 2.05) is 12.1 Å². The van der Waals surface area contributed by atoms with Crippen molar-refractivity contribution in [1.82, 2.24) is 0 Å². The van der Waals surface area contributed by atoms with Gasteiger partial charge in [0.2, 0.25) is 5.75 Å². The van der Waals surface area contributed by atoms with E-state index in [4.69, 9.17) is 19.2 Å². The van der Waals surface area contributed by atoms with E-state index in [1.165, 1.54) is 0 Å². The summed E-state index contributed by atoms with van der Waals surface area (Å²) in [5, 5.41) is 4.25. The lowest BCUT2D eigenvalue weighted by molar-refractivity contribution is 0.324. The van der Waals surface area contributed by atoms with Crippen molar-refractivity contribution in [3.05, 3.63) is 12.1 Å². The summed E-state index contributed by atoms with van der Waals surface area (Å²) in [6, 6.07) is 3.76. The van der Waals surface area contributed by atoms with Crippen molar-refractivity contribution >= 4 is 22.6 Å². The summed E-state index contributed by atoms with van der Waals surface area (Å²) in [4.78, 5) is 4.72. The van der Waals surface area contributed by atoms with Crippen LogP contribution in [0, 0.1) is 0 Å². The summed E-state index contributed by atoms with van der Waals surface area (Å²) in [7, 11) is 4.81. The van der Waals surface area contributed by atoms with Crippen LogP contribution < -0.4 is 19.5 Å². The van der Waals surface area contributed by atoms with Crippen molar-refractivity contribution in [3.63, 3.8) is 0 Å². The Morgan fingerprint density at radius 1 is 1.10 bits per heavy atom. The predicted octanol–water partition coefficient (Wildman–Crippen LogP) is 3.40. The molecule has 0 spiro atoms. The zero-order chi connectivity index (χ0) is 15.5. The highest BCUT2D eigenvalue weighted by atomic mass is 32.2. The summed E-state index contributed by atoms with van der Waals surface area (Å²) >= 11 is 1.72. The minimum absolute atomic E-state index is 0.0196. The first-order valence-corrected chi connectivity index (χ1v) is 7.77. The maximum Gasteiger partial charge on any atom is 0.203 e. The van der Waals surface area contributed by atoms with Crippen LogP contribution in [-0.2, 0) is 0 Å². The number of anilines is 1. The molecule has 5 nitrogen and oxygen atoms in total. The molecule has 0 atom stereocenters. The Morgan fingerprint density at radius 3 is 2.19 bits per heavy atom. The van der Waals surface area contributed by atoms with E-state index in [0.717, 1.165) is 23.0 Å². The van der Waals surface area contributed by atoms with Crippen LogP contribution in [0.3, 0.4) is 0 Å². The third-order valence-corrected chi connectivity index (χ3v) is 4.15. The highest BCUT2D eigenvalue weighted by molar-refractivity contribution is 8.14. The summed E-state index contributed by atoms with van der Waals surface area (Å²) in [6.07, 6.45) is 1.08. The van der Waals surface area contributed by atoms with Crippen LogP contribution in [0.2, 0.25) is 0 Å². The van der Waals surface area contributed by atoms with Crippen molar-refractivity contribution in [2.24, 2.45) is 4.99 Å². The molecule has 1 aliphatic rings. The lowest BCUT2D eigenvalue weighted by Gasteiger charge is -2.26. The Kier molecular flexibility index (Phi) is 4.88. The number of nitrogens with zero attached hydrogens (tertiary/aromatic N) is 1. The quantitative estimate of drug-likeness (QED) is 0.924. The number of amidine groups is 1. The number of thioether (sulfide) groups is 1. The molecule has 0 saturated heterocycles. The molecule has 0 radical (unpaired) electrons. The van der Waals surface area contributed by atoms with Gasteiger partial charge in [-0.05, 0) is 20.3 Å². The number of benzene rings is 1. The Labute approximate surface area is 130 Å². The van der Waals surface area contributed by atoms with Gasteiger partial charge in [0.05, 0.1) is 26.9 Å². The van der Waals surface area contributed by atoms with Crippen molar-refractivity contribution in [2.45, 2.75) is 25.8 Å². The minimum Gasteiger partial charge on any atom is -0.493 e. The van der Waals surface area contributed by atoms with Crippen molar-refractivity contribution in [1.29, 1.82) is 0 Å². The zero-order valence-electron chi connectivity index (χ0n) is 13.1. The molecule has 1 aromatic rings. The van der Waals surface area contributed by atoms with Gasteiger partial charge in [0.15, 0.2) is 16.7 Å². The molecule has 0 amide bonds. The van der Waals surface area contributed by atoms with Gasteiger partial charge in [0, 0.05) is 23.6 Å². The molecule has 0 fully saturated rings. The standard InChI is InChI=1S/C15H22N2O3S/c1-15(2)6-7-21-14(17-15)16-10-8-11(18-3)13(20-5)12(9-10)19-4/h8-9H,6-7H2,1-5H3,(H,16,17). The molecule has 1 heterocycles. The molecule has 21 heavy (non-hydrogen) atoms. The second-order valence-electron chi connectivity index (χ2n) is 5.37. The molecule has 2 rings (SSSR count). The third kappa shape index (κ3) is 3.75. The maximum absolute atomic E-state index is 5.36. The van der Waals surface area contributed by atoms with E-state index >= 15 is 0 Å². The smallest absolute Gasteiger partial charge is 0.203 e. The van der Waals surface area contributed by atoms with E-state index in [0.29, 0.717) is 17.2 Å². The van der Waals surface area contributed by atoms with Crippen molar-refractivity contribution in [2.75, 3.05) is 32.4 Å². The van der Waals surface area contributed by atoms with E-state index in [1.54, 1.807) is 33.1 Å². The van der Waals surface area contributed by atoms with Crippen LogP contribution in [0.4, 0.5) is 5.69 Å². The fourth-order valence-electron chi connectivity index (χ4n) is 2.10. The number of hydrogen-bond donors (Lipinski definition) is 1. The number of hydrogen-bond acceptors (Lipinski definition) is 6. The number of aliphatic imine (C=N–C) groups is 1. The molecule has 0 aromatic heterocycles. The molecular formula is C15H22N2O3S. The molecule has 1 N–H and O–H groups in total. The number of rotatable bonds is 4. The van der Waals surface area contributed by atoms with Crippen LogP contribution in [0.25, 0.3) is 0 Å². The van der Waals surface area contributed by atoms with Gasteiger partial charge in [-0.2, -0.15) is 0 Å². The molecule has 116 valence electrons. The highest BCUT2D eigenvalue weighted by Crippen LogP contribution is 2.40. The SMILES string of the molecule is COc1cc(NC2=NC(C)(C)CCS2)cc(OC)c1OC. The first kappa shape index (κ1) is 15.8. The summed E-state index contributed by atoms with van der Waals surface area (Å²) in [6.45, 7) is 4.28. The van der Waals surface area contributed by atoms with Gasteiger partial charge < -0.3 is 19.5 Å². The first-order valence-electron chi connectivity index (χ1n) is 6.79. The van der Waals surface area contributed by atoms with Gasteiger partial charge in [-0.3, -0.25) is 4.99 Å². The van der Waals surface area contributed by atoms with Crippen LogP contribution in [0.5, 0.6) is 17.2 Å². The lowest BCUT2D eigenvalue weighted by Crippen LogP contribution is -2.27. The van der Waals surface area contributed by atoms with Gasteiger partial charge in [0.25, 0.3) is 0 Å². The topological polar surface area (TPSA) is 52.1 Å². The third-order valence-electron chi connectivity index (χ3n) is 3.27. The first-order chi connectivity index (χ1) is 9.99. The van der Waals surface area contributed by atoms with Crippen molar-refractivity contribution in [3.8, 4) is 17.2 Å². The molecule has 0 unspecified atom stereocenters. The highest BCUT2D eigenvalue weighted by Gasteiger charge is 2.23. The summed E-state index contributed by atoms with van der Waals surface area (Å²) in [5.41, 5.74) is 0.849.